The average molecular weight is 335 g/mol. The van der Waals surface area contributed by atoms with E-state index >= 15 is 0 Å². The molecule has 23 heavy (non-hydrogen) atoms. The van der Waals surface area contributed by atoms with E-state index in [0.29, 0.717) is 0 Å². The van der Waals surface area contributed by atoms with Gasteiger partial charge in [0.1, 0.15) is 11.3 Å². The van der Waals surface area contributed by atoms with Gasteiger partial charge in [0.25, 0.3) is 5.56 Å². The number of hydrogen-bond acceptors (Lipinski definition) is 4. The summed E-state index contributed by atoms with van der Waals surface area (Å²) >= 11 is 6.05. The number of para-hydroxylation sites is 1. The quantitative estimate of drug-likeness (QED) is 0.872. The van der Waals surface area contributed by atoms with Crippen molar-refractivity contribution in [3.8, 4) is 5.69 Å². The number of nitrogens with zero attached hydrogens (tertiary/aromatic N) is 2. The Labute approximate surface area is 137 Å². The molecule has 7 heteroatoms. The highest BCUT2D eigenvalue weighted by molar-refractivity contribution is 6.32. The number of aromatic nitrogens is 2. The van der Waals surface area contributed by atoms with Crippen molar-refractivity contribution in [3.05, 3.63) is 57.0 Å². The molecule has 2 aromatic rings. The van der Waals surface area contributed by atoms with Crippen LogP contribution < -0.4 is 5.56 Å². The number of carboxylic acid groups (broad SMARTS) is 1. The number of halogens is 1. The van der Waals surface area contributed by atoms with Crippen molar-refractivity contribution in [1.29, 1.82) is 0 Å². The second-order valence-electron chi connectivity index (χ2n) is 6.00. The summed E-state index contributed by atoms with van der Waals surface area (Å²) in [6, 6.07) is 7.37. The van der Waals surface area contributed by atoms with Crippen LogP contribution in [0, 0.1) is 5.41 Å². The fraction of sp³-hybridized carbons (Fsp3) is 0.250. The standard InChI is InChI=1S/C16H15ClN2O4/c1-16(2,3)13(20)11-8-9(15(22)23)14(21)19(18-11)12-7-5-4-6-10(12)17/h4-8H,1-3H3,(H,22,23). The summed E-state index contributed by atoms with van der Waals surface area (Å²) in [5, 5.41) is 13.5. The number of Topliss-reactive ketones (excluding diaryl/α,β-unsaturated/α-hetero) is 1. The minimum Gasteiger partial charge on any atom is -0.477 e. The number of carbonyl (C=O) groups is 2. The lowest BCUT2D eigenvalue weighted by Crippen LogP contribution is -2.32. The van der Waals surface area contributed by atoms with Crippen LogP contribution in [0.25, 0.3) is 5.69 Å². The molecule has 0 spiro atoms. The van der Waals surface area contributed by atoms with Gasteiger partial charge in [-0.2, -0.15) is 9.78 Å². The van der Waals surface area contributed by atoms with Crippen molar-refractivity contribution in [1.82, 2.24) is 9.78 Å². The Morgan fingerprint density at radius 1 is 1.22 bits per heavy atom. The lowest BCUT2D eigenvalue weighted by Gasteiger charge is -2.17. The minimum atomic E-state index is -1.43. The van der Waals surface area contributed by atoms with Gasteiger partial charge >= 0.3 is 5.97 Å². The van der Waals surface area contributed by atoms with Crippen LogP contribution in [0.2, 0.25) is 5.02 Å². The number of hydrogen-bond donors (Lipinski definition) is 1. The van der Waals surface area contributed by atoms with Gasteiger partial charge in [-0.25, -0.2) is 4.79 Å². The van der Waals surface area contributed by atoms with Crippen molar-refractivity contribution in [2.75, 3.05) is 0 Å². The Bertz CT molecular complexity index is 850. The van der Waals surface area contributed by atoms with E-state index < -0.39 is 22.5 Å². The first-order valence-corrected chi connectivity index (χ1v) is 7.18. The van der Waals surface area contributed by atoms with Gasteiger partial charge < -0.3 is 5.11 Å². The maximum absolute atomic E-state index is 12.4. The molecule has 0 aliphatic carbocycles. The molecule has 0 saturated carbocycles. The molecule has 0 unspecified atom stereocenters. The van der Waals surface area contributed by atoms with E-state index in [2.05, 4.69) is 5.10 Å². The zero-order chi connectivity index (χ0) is 17.4. The van der Waals surface area contributed by atoms with E-state index in [4.69, 9.17) is 11.6 Å². The Morgan fingerprint density at radius 3 is 2.35 bits per heavy atom. The zero-order valence-corrected chi connectivity index (χ0v) is 13.6. The molecular weight excluding hydrogens is 320 g/mol. The molecule has 0 aliphatic rings. The molecular formula is C16H15ClN2O4. The lowest BCUT2D eigenvalue weighted by atomic mass is 9.88. The molecule has 1 aromatic carbocycles. The van der Waals surface area contributed by atoms with Crippen LogP contribution in [0.4, 0.5) is 0 Å². The molecule has 1 N–H and O–H groups in total. The van der Waals surface area contributed by atoms with Gasteiger partial charge in [-0.15, -0.1) is 0 Å². The zero-order valence-electron chi connectivity index (χ0n) is 12.8. The van der Waals surface area contributed by atoms with E-state index in [1.165, 1.54) is 6.07 Å². The first-order chi connectivity index (χ1) is 10.6. The van der Waals surface area contributed by atoms with Crippen molar-refractivity contribution in [3.63, 3.8) is 0 Å². The second kappa shape index (κ2) is 5.96. The SMILES string of the molecule is CC(C)(C)C(=O)c1cc(C(=O)O)c(=O)n(-c2ccccc2Cl)n1. The minimum absolute atomic E-state index is 0.102. The fourth-order valence-electron chi connectivity index (χ4n) is 1.93. The molecule has 2 rings (SSSR count). The van der Waals surface area contributed by atoms with Crippen LogP contribution >= 0.6 is 11.6 Å². The fourth-order valence-corrected chi connectivity index (χ4v) is 2.15. The summed E-state index contributed by atoms with van der Waals surface area (Å²) in [6.45, 7) is 5.05. The number of ketones is 1. The van der Waals surface area contributed by atoms with Crippen molar-refractivity contribution in [2.45, 2.75) is 20.8 Å². The number of carbonyl (C=O) groups excluding carboxylic acids is 1. The highest BCUT2D eigenvalue weighted by Crippen LogP contribution is 2.21. The van der Waals surface area contributed by atoms with E-state index in [-0.39, 0.29) is 22.2 Å². The molecule has 6 nitrogen and oxygen atoms in total. The normalized spacial score (nSPS) is 11.3. The van der Waals surface area contributed by atoms with Crippen LogP contribution in [0.5, 0.6) is 0 Å². The Kier molecular flexibility index (Phi) is 4.38. The number of rotatable bonds is 3. The van der Waals surface area contributed by atoms with Crippen LogP contribution in [-0.4, -0.2) is 26.6 Å². The van der Waals surface area contributed by atoms with Gasteiger partial charge in [0.15, 0.2) is 5.78 Å². The Hall–Kier alpha value is -2.47. The third-order valence-electron chi connectivity index (χ3n) is 3.14. The Morgan fingerprint density at radius 2 is 1.83 bits per heavy atom. The first kappa shape index (κ1) is 16.9. The summed E-state index contributed by atoms with van der Waals surface area (Å²) in [5.41, 5.74) is -2.05. The number of benzene rings is 1. The maximum Gasteiger partial charge on any atom is 0.341 e. The van der Waals surface area contributed by atoms with Crippen LogP contribution in [0.1, 0.15) is 41.6 Å². The van der Waals surface area contributed by atoms with Crippen molar-refractivity contribution >= 4 is 23.4 Å². The predicted octanol–water partition coefficient (Wildman–Crippen LogP) is 2.81. The van der Waals surface area contributed by atoms with Crippen LogP contribution in [0.3, 0.4) is 0 Å². The highest BCUT2D eigenvalue weighted by atomic mass is 35.5. The molecule has 1 aromatic heterocycles. The third-order valence-corrected chi connectivity index (χ3v) is 3.46. The van der Waals surface area contributed by atoms with E-state index in [1.807, 2.05) is 0 Å². The first-order valence-electron chi connectivity index (χ1n) is 6.80. The molecule has 1 heterocycles. The molecule has 120 valence electrons. The van der Waals surface area contributed by atoms with Gasteiger partial charge in [0.05, 0.1) is 10.7 Å². The molecule has 0 saturated heterocycles. The van der Waals surface area contributed by atoms with Crippen LogP contribution in [-0.2, 0) is 0 Å². The van der Waals surface area contributed by atoms with E-state index in [1.54, 1.807) is 39.0 Å². The molecule has 0 atom stereocenters. The predicted molar refractivity (Wildman–Crippen MR) is 85.6 cm³/mol. The molecule has 0 bridgehead atoms. The topological polar surface area (TPSA) is 89.3 Å². The highest BCUT2D eigenvalue weighted by Gasteiger charge is 2.27. The maximum atomic E-state index is 12.4. The summed E-state index contributed by atoms with van der Waals surface area (Å²) < 4.78 is 0.852. The van der Waals surface area contributed by atoms with E-state index in [9.17, 15) is 19.5 Å². The van der Waals surface area contributed by atoms with E-state index in [0.717, 1.165) is 10.7 Å². The smallest absolute Gasteiger partial charge is 0.341 e. The van der Waals surface area contributed by atoms with Gasteiger partial charge in [0, 0.05) is 5.41 Å². The summed E-state index contributed by atoms with van der Waals surface area (Å²) in [4.78, 5) is 36.1. The summed E-state index contributed by atoms with van der Waals surface area (Å²) in [7, 11) is 0. The Balaban J connectivity index is 2.80. The third kappa shape index (κ3) is 3.32. The van der Waals surface area contributed by atoms with Gasteiger partial charge in [-0.3, -0.25) is 9.59 Å². The van der Waals surface area contributed by atoms with Gasteiger partial charge in [-0.1, -0.05) is 44.5 Å². The van der Waals surface area contributed by atoms with Crippen molar-refractivity contribution < 1.29 is 14.7 Å². The van der Waals surface area contributed by atoms with Gasteiger partial charge in [0.2, 0.25) is 0 Å². The van der Waals surface area contributed by atoms with Crippen molar-refractivity contribution in [2.24, 2.45) is 5.41 Å². The molecule has 0 amide bonds. The second-order valence-corrected chi connectivity index (χ2v) is 6.40. The monoisotopic (exact) mass is 334 g/mol. The molecule has 0 radical (unpaired) electrons. The lowest BCUT2D eigenvalue weighted by molar-refractivity contribution is 0.0694. The van der Waals surface area contributed by atoms with Gasteiger partial charge in [-0.05, 0) is 18.2 Å². The van der Waals surface area contributed by atoms with Crippen LogP contribution in [0.15, 0.2) is 35.1 Å². The average Bonchev–Trinajstić information content (AvgIpc) is 2.46. The molecule has 0 aliphatic heterocycles. The number of carboxylic acids is 1. The number of aromatic carboxylic acids is 1. The molecule has 0 fully saturated rings. The summed E-state index contributed by atoms with van der Waals surface area (Å²) in [5.74, 6) is -1.80. The summed E-state index contributed by atoms with van der Waals surface area (Å²) in [6.07, 6.45) is 0. The largest absolute Gasteiger partial charge is 0.477 e.